The Morgan fingerprint density at radius 1 is 1.36 bits per heavy atom. The van der Waals surface area contributed by atoms with Crippen molar-refractivity contribution in [2.75, 3.05) is 11.9 Å². The van der Waals surface area contributed by atoms with Gasteiger partial charge in [0, 0.05) is 23.8 Å². The number of fused-ring (bicyclic) bond motifs is 1. The molecule has 0 spiro atoms. The van der Waals surface area contributed by atoms with Gasteiger partial charge in [0.2, 0.25) is 5.78 Å². The Hall–Kier alpha value is -2.82. The summed E-state index contributed by atoms with van der Waals surface area (Å²) in [5, 5.41) is 19.4. The molecule has 25 heavy (non-hydrogen) atoms. The van der Waals surface area contributed by atoms with Crippen LogP contribution in [0.4, 0.5) is 10.5 Å². The molecule has 0 fully saturated rings. The van der Waals surface area contributed by atoms with E-state index in [4.69, 9.17) is 28.5 Å². The number of aryl methyl sites for hydroxylation is 1. The number of nitrogens with zero attached hydrogens (tertiary/aromatic N) is 5. The third-order valence-corrected chi connectivity index (χ3v) is 4.23. The van der Waals surface area contributed by atoms with Gasteiger partial charge in [-0.15, -0.1) is 0 Å². The van der Waals surface area contributed by atoms with Gasteiger partial charge in [-0.2, -0.15) is 10.2 Å². The molecule has 1 amide bonds. The number of rotatable bonds is 2. The average molecular weight is 376 g/mol. The van der Waals surface area contributed by atoms with E-state index in [0.717, 1.165) is 4.90 Å². The predicted molar refractivity (Wildman–Crippen MR) is 94.3 cm³/mol. The minimum Gasteiger partial charge on any atom is -0.465 e. The zero-order chi connectivity index (χ0) is 18.3. The number of benzene rings is 1. The second-order valence-corrected chi connectivity index (χ2v) is 6.11. The lowest BCUT2D eigenvalue weighted by atomic mass is 10.1. The number of hydrogen-bond acceptors (Lipinski definition) is 4. The molecule has 0 radical (unpaired) electrons. The van der Waals surface area contributed by atoms with Crippen LogP contribution in [-0.4, -0.2) is 32.6 Å². The number of amides is 1. The highest BCUT2D eigenvalue weighted by Crippen LogP contribution is 2.38. The fourth-order valence-corrected chi connectivity index (χ4v) is 3.09. The highest BCUT2D eigenvalue weighted by molar-refractivity contribution is 6.36. The Morgan fingerprint density at radius 2 is 2.08 bits per heavy atom. The highest BCUT2D eigenvalue weighted by atomic mass is 35.5. The molecule has 2 heterocycles. The van der Waals surface area contributed by atoms with Crippen LogP contribution < -0.4 is 4.90 Å². The van der Waals surface area contributed by atoms with Crippen LogP contribution in [0.5, 0.6) is 0 Å². The maximum atomic E-state index is 11.5. The summed E-state index contributed by atoms with van der Waals surface area (Å²) in [5.74, 6) is 0.276. The first-order chi connectivity index (χ1) is 11.8. The molecule has 9 heteroatoms. The van der Waals surface area contributed by atoms with Crippen molar-refractivity contribution in [3.63, 3.8) is 0 Å². The summed E-state index contributed by atoms with van der Waals surface area (Å²) < 4.78 is 1.55. The van der Waals surface area contributed by atoms with Crippen molar-refractivity contribution < 1.29 is 9.90 Å². The topological polar surface area (TPSA) is 94.5 Å². The summed E-state index contributed by atoms with van der Waals surface area (Å²) in [6, 6.07) is 6.85. The number of hydrogen-bond donors (Lipinski definition) is 1. The predicted octanol–water partition coefficient (Wildman–Crippen LogP) is 4.00. The lowest BCUT2D eigenvalue weighted by molar-refractivity contribution is 0.203. The normalized spacial score (nSPS) is 10.7. The van der Waals surface area contributed by atoms with E-state index >= 15 is 0 Å². The summed E-state index contributed by atoms with van der Waals surface area (Å²) >= 11 is 12.3. The van der Waals surface area contributed by atoms with E-state index in [9.17, 15) is 9.90 Å². The van der Waals surface area contributed by atoms with Crippen LogP contribution in [0.3, 0.4) is 0 Å². The molecule has 0 bridgehead atoms. The second kappa shape index (κ2) is 6.24. The number of halogens is 2. The first kappa shape index (κ1) is 17.0. The Morgan fingerprint density at radius 3 is 2.68 bits per heavy atom. The molecule has 0 aliphatic heterocycles. The zero-order valence-corrected chi connectivity index (χ0v) is 14.7. The van der Waals surface area contributed by atoms with Crippen LogP contribution in [0.25, 0.3) is 17.0 Å². The van der Waals surface area contributed by atoms with Crippen molar-refractivity contribution in [2.45, 2.75) is 6.92 Å². The first-order valence-corrected chi connectivity index (χ1v) is 7.81. The molecule has 2 aromatic heterocycles. The number of aromatic nitrogens is 3. The zero-order valence-electron chi connectivity index (χ0n) is 13.2. The maximum Gasteiger partial charge on any atom is 0.411 e. The molecule has 1 aromatic carbocycles. The highest BCUT2D eigenvalue weighted by Gasteiger charge is 2.24. The molecule has 0 atom stereocenters. The first-order valence-electron chi connectivity index (χ1n) is 7.05. The second-order valence-electron chi connectivity index (χ2n) is 5.27. The fraction of sp³-hybridized carbons (Fsp3) is 0.125. The molecule has 0 saturated carbocycles. The SMILES string of the molecule is Cc1nc2nc(C#N)cn2c(-c2ccc(Cl)cc2Cl)c1N(C)C(=O)O. The minimum absolute atomic E-state index is 0.161. The molecule has 0 aliphatic rings. The fourth-order valence-electron chi connectivity index (χ4n) is 2.59. The summed E-state index contributed by atoms with van der Waals surface area (Å²) in [7, 11) is 1.41. The lowest BCUT2D eigenvalue weighted by Gasteiger charge is -2.21. The van der Waals surface area contributed by atoms with Gasteiger partial charge in [0.15, 0.2) is 5.69 Å². The van der Waals surface area contributed by atoms with Crippen molar-refractivity contribution in [3.05, 3.63) is 45.8 Å². The number of anilines is 1. The number of nitriles is 1. The summed E-state index contributed by atoms with van der Waals surface area (Å²) in [6.45, 7) is 1.67. The van der Waals surface area contributed by atoms with Gasteiger partial charge in [0.25, 0.3) is 0 Å². The molecular weight excluding hydrogens is 365 g/mol. The molecule has 0 aliphatic carbocycles. The maximum absolute atomic E-state index is 11.5. The van der Waals surface area contributed by atoms with Crippen LogP contribution >= 0.6 is 23.2 Å². The van der Waals surface area contributed by atoms with Gasteiger partial charge >= 0.3 is 6.09 Å². The van der Waals surface area contributed by atoms with E-state index in [1.54, 1.807) is 29.5 Å². The molecule has 0 saturated heterocycles. The van der Waals surface area contributed by atoms with Gasteiger partial charge in [-0.3, -0.25) is 9.30 Å². The monoisotopic (exact) mass is 375 g/mol. The standard InChI is InChI=1S/C16H11Cl2N5O2/c1-8-13(22(2)16(24)25)14(11-4-3-9(17)5-12(11)18)23-7-10(6-19)21-15(23)20-8/h3-5,7H,1-2H3,(H,24,25). The molecule has 3 rings (SSSR count). The van der Waals surface area contributed by atoms with Crippen LogP contribution in [0.1, 0.15) is 11.4 Å². The van der Waals surface area contributed by atoms with Gasteiger partial charge in [-0.25, -0.2) is 9.78 Å². The quantitative estimate of drug-likeness (QED) is 0.730. The van der Waals surface area contributed by atoms with E-state index in [0.29, 0.717) is 32.7 Å². The molecule has 7 nitrogen and oxygen atoms in total. The van der Waals surface area contributed by atoms with Gasteiger partial charge in [-0.1, -0.05) is 23.2 Å². The van der Waals surface area contributed by atoms with Gasteiger partial charge in [-0.05, 0) is 25.1 Å². The Labute approximate surface area is 152 Å². The Bertz CT molecular complexity index is 1050. The van der Waals surface area contributed by atoms with E-state index < -0.39 is 6.09 Å². The van der Waals surface area contributed by atoms with Crippen molar-refractivity contribution in [1.82, 2.24) is 14.4 Å². The van der Waals surface area contributed by atoms with Gasteiger partial charge in [0.1, 0.15) is 6.07 Å². The van der Waals surface area contributed by atoms with Gasteiger partial charge in [0.05, 0.1) is 22.1 Å². The largest absolute Gasteiger partial charge is 0.465 e. The molecule has 3 aromatic rings. The minimum atomic E-state index is -1.16. The summed E-state index contributed by atoms with van der Waals surface area (Å²) in [5.41, 5.74) is 1.95. The number of carboxylic acid groups (broad SMARTS) is 1. The Kier molecular flexibility index (Phi) is 4.25. The third-order valence-electron chi connectivity index (χ3n) is 3.69. The van der Waals surface area contributed by atoms with Crippen LogP contribution in [0.15, 0.2) is 24.4 Å². The van der Waals surface area contributed by atoms with E-state index in [-0.39, 0.29) is 11.5 Å². The lowest BCUT2D eigenvalue weighted by Crippen LogP contribution is -2.26. The van der Waals surface area contributed by atoms with E-state index in [1.165, 1.54) is 13.2 Å². The molecule has 0 unspecified atom stereocenters. The average Bonchev–Trinajstić information content (AvgIpc) is 2.96. The van der Waals surface area contributed by atoms with Crippen LogP contribution in [0, 0.1) is 18.3 Å². The van der Waals surface area contributed by atoms with E-state index in [1.807, 2.05) is 6.07 Å². The van der Waals surface area contributed by atoms with Crippen LogP contribution in [0.2, 0.25) is 10.0 Å². The summed E-state index contributed by atoms with van der Waals surface area (Å²) in [4.78, 5) is 21.0. The van der Waals surface area contributed by atoms with Gasteiger partial charge < -0.3 is 5.11 Å². The molecule has 126 valence electrons. The molecule has 1 N–H and O–H groups in total. The van der Waals surface area contributed by atoms with E-state index in [2.05, 4.69) is 9.97 Å². The summed E-state index contributed by atoms with van der Waals surface area (Å²) in [6.07, 6.45) is 0.331. The number of imidazole rings is 1. The third kappa shape index (κ3) is 2.86. The van der Waals surface area contributed by atoms with Crippen LogP contribution in [-0.2, 0) is 0 Å². The molecular formula is C16H11Cl2N5O2. The van der Waals surface area contributed by atoms with Crippen molar-refractivity contribution in [1.29, 1.82) is 5.26 Å². The number of carbonyl (C=O) groups is 1. The Balaban J connectivity index is 2.47. The van der Waals surface area contributed by atoms with Crippen molar-refractivity contribution in [2.24, 2.45) is 0 Å². The van der Waals surface area contributed by atoms with Crippen molar-refractivity contribution in [3.8, 4) is 17.3 Å². The smallest absolute Gasteiger partial charge is 0.411 e. The van der Waals surface area contributed by atoms with Crippen molar-refractivity contribution >= 4 is 40.8 Å².